The third kappa shape index (κ3) is 63.5. The number of ether oxygens (including phenoxy) is 4. The Morgan fingerprint density at radius 3 is 0.789 bits per heavy atom. The van der Waals surface area contributed by atoms with E-state index in [9.17, 15) is 43.2 Å². The number of unbranched alkanes of at least 4 members (excludes halogenated alkanes) is 33. The molecule has 0 aliphatic rings. The van der Waals surface area contributed by atoms with Crippen LogP contribution in [0.25, 0.3) is 0 Å². The van der Waals surface area contributed by atoms with E-state index in [0.29, 0.717) is 31.6 Å². The Labute approximate surface area is 549 Å². The van der Waals surface area contributed by atoms with Gasteiger partial charge in [-0.05, 0) is 49.4 Å². The number of esters is 4. The molecule has 90 heavy (non-hydrogen) atoms. The average Bonchev–Trinajstić information content (AvgIpc) is 3.71. The van der Waals surface area contributed by atoms with Crippen molar-refractivity contribution in [1.29, 1.82) is 0 Å². The topological polar surface area (TPSA) is 237 Å². The summed E-state index contributed by atoms with van der Waals surface area (Å²) in [7, 11) is -9.90. The standard InChI is InChI=1S/C71H138O17P2/c1-9-64(8)50-42-34-28-30-36-44-52-69(74)82-58-67(88-70(75)53-45-37-25-21-16-14-12-10-11-13-15-19-23-31-39-47-61(2)3)60-86-90(79,80)84-56-65(72)55-83-89(77,78)85-59-66(57-81-68(73)51-43-35-29-27-33-41-49-63(6)7)87-71(76)54-46-38-26-22-18-17-20-24-32-40-48-62(4)5/h61-67,72H,9-60H2,1-8H3,(H,77,78)(H,79,80)/t64?,65-,66-,67-/m1/s1. The first-order valence-electron chi connectivity index (χ1n) is 36.7. The van der Waals surface area contributed by atoms with Crippen molar-refractivity contribution in [3.8, 4) is 0 Å². The molecule has 0 aromatic carbocycles. The van der Waals surface area contributed by atoms with Gasteiger partial charge in [-0.25, -0.2) is 9.13 Å². The molecule has 0 fully saturated rings. The van der Waals surface area contributed by atoms with Crippen molar-refractivity contribution in [3.05, 3.63) is 0 Å². The summed E-state index contributed by atoms with van der Waals surface area (Å²) in [5.41, 5.74) is 0. The van der Waals surface area contributed by atoms with Crippen molar-refractivity contribution < 1.29 is 80.2 Å². The Kier molecular flexibility index (Phi) is 59.4. The van der Waals surface area contributed by atoms with Gasteiger partial charge in [-0.3, -0.25) is 37.3 Å². The number of carbonyl (C=O) groups is 4. The van der Waals surface area contributed by atoms with Crippen LogP contribution in [0.4, 0.5) is 0 Å². The predicted molar refractivity (Wildman–Crippen MR) is 363 cm³/mol. The Morgan fingerprint density at radius 2 is 0.533 bits per heavy atom. The number of phosphoric ester groups is 2. The van der Waals surface area contributed by atoms with E-state index < -0.39 is 97.5 Å². The average molecular weight is 1330 g/mol. The van der Waals surface area contributed by atoms with E-state index in [-0.39, 0.29) is 25.7 Å². The minimum Gasteiger partial charge on any atom is -0.462 e. The molecule has 0 saturated carbocycles. The number of phosphoric acid groups is 2. The molecular formula is C71H138O17P2. The lowest BCUT2D eigenvalue weighted by atomic mass is 10.00. The molecule has 0 aromatic heterocycles. The molecular weight excluding hydrogens is 1190 g/mol. The van der Waals surface area contributed by atoms with Gasteiger partial charge in [0.2, 0.25) is 0 Å². The van der Waals surface area contributed by atoms with Crippen molar-refractivity contribution in [2.24, 2.45) is 23.7 Å². The van der Waals surface area contributed by atoms with Crippen molar-refractivity contribution >= 4 is 39.5 Å². The molecule has 19 heteroatoms. The fourth-order valence-electron chi connectivity index (χ4n) is 10.6. The highest BCUT2D eigenvalue weighted by Gasteiger charge is 2.30. The molecule has 534 valence electrons. The second-order valence-electron chi connectivity index (χ2n) is 27.3. The maximum atomic E-state index is 13.0. The summed E-state index contributed by atoms with van der Waals surface area (Å²) in [6.07, 6.45) is 43.3. The SMILES string of the molecule is CCC(C)CCCCCCCCC(=O)OC[C@H](COP(=O)(O)OC[C@H](O)COP(=O)(O)OC[C@@H](COC(=O)CCCCCCCCC(C)C)OC(=O)CCCCCCCCCCCCC(C)C)OC(=O)CCCCCCCCCCCCCCCCCC(C)C. The molecule has 6 atom stereocenters. The Balaban J connectivity index is 5.21. The van der Waals surface area contributed by atoms with E-state index in [1.165, 1.54) is 141 Å². The van der Waals surface area contributed by atoms with E-state index in [1.54, 1.807) is 0 Å². The number of hydrogen-bond donors (Lipinski definition) is 3. The quantitative estimate of drug-likeness (QED) is 0.0222. The van der Waals surface area contributed by atoms with Crippen molar-refractivity contribution in [1.82, 2.24) is 0 Å². The first-order valence-corrected chi connectivity index (χ1v) is 39.7. The fourth-order valence-corrected chi connectivity index (χ4v) is 12.2. The van der Waals surface area contributed by atoms with E-state index >= 15 is 0 Å². The molecule has 0 aliphatic heterocycles. The fraction of sp³-hybridized carbons (Fsp3) is 0.944. The smallest absolute Gasteiger partial charge is 0.462 e. The lowest BCUT2D eigenvalue weighted by molar-refractivity contribution is -0.161. The van der Waals surface area contributed by atoms with Crippen LogP contribution >= 0.6 is 15.6 Å². The van der Waals surface area contributed by atoms with Crippen LogP contribution in [0, 0.1) is 23.7 Å². The molecule has 0 bridgehead atoms. The van der Waals surface area contributed by atoms with Crippen LogP contribution in [0.1, 0.15) is 351 Å². The number of aliphatic hydroxyl groups excluding tert-OH is 1. The van der Waals surface area contributed by atoms with E-state index in [2.05, 4.69) is 55.4 Å². The maximum Gasteiger partial charge on any atom is 0.472 e. The van der Waals surface area contributed by atoms with Gasteiger partial charge in [-0.1, -0.05) is 299 Å². The summed E-state index contributed by atoms with van der Waals surface area (Å²) >= 11 is 0. The highest BCUT2D eigenvalue weighted by Crippen LogP contribution is 2.45. The van der Waals surface area contributed by atoms with Gasteiger partial charge in [0.15, 0.2) is 12.2 Å². The molecule has 3 N–H and O–H groups in total. The highest BCUT2D eigenvalue weighted by molar-refractivity contribution is 7.47. The van der Waals surface area contributed by atoms with Crippen molar-refractivity contribution in [2.45, 2.75) is 369 Å². The number of aliphatic hydroxyl groups is 1. The van der Waals surface area contributed by atoms with E-state index in [4.69, 9.17) is 37.0 Å². The minimum atomic E-state index is -4.95. The summed E-state index contributed by atoms with van der Waals surface area (Å²) < 4.78 is 68.3. The molecule has 0 amide bonds. The van der Waals surface area contributed by atoms with Crippen LogP contribution in [-0.2, 0) is 65.4 Å². The first kappa shape index (κ1) is 88.1. The van der Waals surface area contributed by atoms with E-state index in [0.717, 1.165) is 120 Å². The number of rotatable bonds is 68. The van der Waals surface area contributed by atoms with Gasteiger partial charge in [0.25, 0.3) is 0 Å². The summed E-state index contributed by atoms with van der Waals surface area (Å²) in [6, 6.07) is 0. The Hall–Kier alpha value is -1.94. The molecule has 0 aromatic rings. The van der Waals surface area contributed by atoms with Gasteiger partial charge in [0.05, 0.1) is 26.4 Å². The minimum absolute atomic E-state index is 0.104. The van der Waals surface area contributed by atoms with Gasteiger partial charge in [-0.15, -0.1) is 0 Å². The lowest BCUT2D eigenvalue weighted by Gasteiger charge is -2.21. The van der Waals surface area contributed by atoms with Crippen LogP contribution in [0.15, 0.2) is 0 Å². The van der Waals surface area contributed by atoms with Crippen LogP contribution in [0.2, 0.25) is 0 Å². The molecule has 0 spiro atoms. The van der Waals surface area contributed by atoms with Crippen LogP contribution in [0.5, 0.6) is 0 Å². The van der Waals surface area contributed by atoms with Crippen molar-refractivity contribution in [2.75, 3.05) is 39.6 Å². The molecule has 0 aliphatic carbocycles. The molecule has 0 heterocycles. The van der Waals surface area contributed by atoms with Crippen LogP contribution < -0.4 is 0 Å². The maximum absolute atomic E-state index is 13.0. The van der Waals surface area contributed by atoms with Gasteiger partial charge in [-0.2, -0.15) is 0 Å². The third-order valence-electron chi connectivity index (χ3n) is 16.7. The first-order chi connectivity index (χ1) is 43.1. The summed E-state index contributed by atoms with van der Waals surface area (Å²) in [5, 5.41) is 10.6. The second-order valence-corrected chi connectivity index (χ2v) is 30.2. The van der Waals surface area contributed by atoms with Gasteiger partial charge in [0.1, 0.15) is 19.3 Å². The summed E-state index contributed by atoms with van der Waals surface area (Å²) in [4.78, 5) is 72.5. The summed E-state index contributed by atoms with van der Waals surface area (Å²) in [6.45, 7) is 14.1. The molecule has 0 radical (unpaired) electrons. The normalized spacial score (nSPS) is 14.6. The largest absolute Gasteiger partial charge is 0.472 e. The van der Waals surface area contributed by atoms with E-state index in [1.807, 2.05) is 0 Å². The monoisotopic (exact) mass is 1320 g/mol. The third-order valence-corrected chi connectivity index (χ3v) is 18.6. The molecule has 17 nitrogen and oxygen atoms in total. The number of hydrogen-bond acceptors (Lipinski definition) is 15. The zero-order valence-corrected chi connectivity index (χ0v) is 60.6. The molecule has 0 rings (SSSR count). The van der Waals surface area contributed by atoms with Gasteiger partial charge in [0, 0.05) is 25.7 Å². The Bertz CT molecular complexity index is 1780. The number of carbonyl (C=O) groups excluding carboxylic acids is 4. The van der Waals surface area contributed by atoms with Gasteiger partial charge < -0.3 is 33.8 Å². The van der Waals surface area contributed by atoms with Crippen LogP contribution in [0.3, 0.4) is 0 Å². The molecule has 3 unspecified atom stereocenters. The lowest BCUT2D eigenvalue weighted by Crippen LogP contribution is -2.30. The van der Waals surface area contributed by atoms with Crippen molar-refractivity contribution in [3.63, 3.8) is 0 Å². The second kappa shape index (κ2) is 60.7. The zero-order chi connectivity index (χ0) is 66.8. The van der Waals surface area contributed by atoms with Crippen LogP contribution in [-0.4, -0.2) is 96.7 Å². The summed E-state index contributed by atoms with van der Waals surface area (Å²) in [5.74, 6) is 0.834. The zero-order valence-electron chi connectivity index (χ0n) is 58.8. The Morgan fingerprint density at radius 1 is 0.311 bits per heavy atom. The molecule has 0 saturated heterocycles. The highest BCUT2D eigenvalue weighted by atomic mass is 31.2. The predicted octanol–water partition coefficient (Wildman–Crippen LogP) is 20.1. The van der Waals surface area contributed by atoms with Gasteiger partial charge >= 0.3 is 39.5 Å².